The summed E-state index contributed by atoms with van der Waals surface area (Å²) in [5, 5.41) is 11.8. The molecule has 0 radical (unpaired) electrons. The average Bonchev–Trinajstić information content (AvgIpc) is 2.37. The van der Waals surface area contributed by atoms with Crippen molar-refractivity contribution in [2.75, 3.05) is 19.0 Å². The molecular weight excluding hydrogens is 232 g/mol. The maximum Gasteiger partial charge on any atom is 0.303 e. The SMILES string of the molecule is COc1cc(NCCCCCCC(=O)O)ccn1. The molecule has 0 bridgehead atoms. The minimum atomic E-state index is -0.711. The van der Waals surface area contributed by atoms with Gasteiger partial charge in [-0.2, -0.15) is 0 Å². The average molecular weight is 252 g/mol. The third-order valence-corrected chi connectivity index (χ3v) is 2.59. The Morgan fingerprint density at radius 1 is 1.39 bits per heavy atom. The summed E-state index contributed by atoms with van der Waals surface area (Å²) in [7, 11) is 1.59. The molecule has 1 aromatic rings. The van der Waals surface area contributed by atoms with Gasteiger partial charge in [0, 0.05) is 30.9 Å². The molecule has 5 nitrogen and oxygen atoms in total. The molecule has 0 spiro atoms. The molecule has 0 saturated heterocycles. The van der Waals surface area contributed by atoms with Gasteiger partial charge in [-0.05, 0) is 18.9 Å². The van der Waals surface area contributed by atoms with E-state index in [1.165, 1.54) is 0 Å². The first-order valence-corrected chi connectivity index (χ1v) is 6.18. The Balaban J connectivity index is 2.08. The highest BCUT2D eigenvalue weighted by Gasteiger charge is 1.98. The zero-order chi connectivity index (χ0) is 13.2. The molecule has 0 fully saturated rings. The standard InChI is InChI=1S/C13H20N2O3/c1-18-12-10-11(7-9-15-12)14-8-5-3-2-4-6-13(16)17/h7,9-10H,2-6,8H2,1H3,(H,14,15)(H,16,17). The van der Waals surface area contributed by atoms with Crippen LogP contribution in [0.2, 0.25) is 0 Å². The van der Waals surface area contributed by atoms with Crippen LogP contribution >= 0.6 is 0 Å². The second-order valence-electron chi connectivity index (χ2n) is 4.07. The van der Waals surface area contributed by atoms with Crippen molar-refractivity contribution < 1.29 is 14.6 Å². The van der Waals surface area contributed by atoms with Crippen molar-refractivity contribution in [2.24, 2.45) is 0 Å². The Hall–Kier alpha value is -1.78. The third-order valence-electron chi connectivity index (χ3n) is 2.59. The molecule has 18 heavy (non-hydrogen) atoms. The molecule has 0 aromatic carbocycles. The lowest BCUT2D eigenvalue weighted by molar-refractivity contribution is -0.137. The van der Waals surface area contributed by atoms with E-state index in [9.17, 15) is 4.79 Å². The Morgan fingerprint density at radius 3 is 2.89 bits per heavy atom. The van der Waals surface area contributed by atoms with Gasteiger partial charge in [0.2, 0.25) is 5.88 Å². The van der Waals surface area contributed by atoms with E-state index in [1.54, 1.807) is 13.3 Å². The molecule has 0 aliphatic rings. The van der Waals surface area contributed by atoms with Crippen LogP contribution in [0.1, 0.15) is 32.1 Å². The van der Waals surface area contributed by atoms with E-state index in [2.05, 4.69) is 10.3 Å². The van der Waals surface area contributed by atoms with Crippen LogP contribution in [-0.2, 0) is 4.79 Å². The van der Waals surface area contributed by atoms with Crippen molar-refractivity contribution in [1.29, 1.82) is 0 Å². The summed E-state index contributed by atoms with van der Waals surface area (Å²) in [6, 6.07) is 3.75. The summed E-state index contributed by atoms with van der Waals surface area (Å²) < 4.78 is 5.03. The Bertz CT molecular complexity index is 369. The molecule has 0 atom stereocenters. The van der Waals surface area contributed by atoms with E-state index >= 15 is 0 Å². The van der Waals surface area contributed by atoms with Crippen LogP contribution in [0.15, 0.2) is 18.3 Å². The second-order valence-corrected chi connectivity index (χ2v) is 4.07. The lowest BCUT2D eigenvalue weighted by atomic mass is 10.1. The first-order valence-electron chi connectivity index (χ1n) is 6.18. The van der Waals surface area contributed by atoms with Crippen molar-refractivity contribution in [2.45, 2.75) is 32.1 Å². The van der Waals surface area contributed by atoms with Gasteiger partial charge in [-0.15, -0.1) is 0 Å². The molecule has 1 rings (SSSR count). The highest BCUT2D eigenvalue weighted by atomic mass is 16.5. The zero-order valence-electron chi connectivity index (χ0n) is 10.7. The van der Waals surface area contributed by atoms with E-state index in [1.807, 2.05) is 12.1 Å². The number of carboxylic acid groups (broad SMARTS) is 1. The Kier molecular flexibility index (Phi) is 6.61. The highest BCUT2D eigenvalue weighted by molar-refractivity contribution is 5.66. The maximum absolute atomic E-state index is 10.3. The number of aromatic nitrogens is 1. The molecule has 0 amide bonds. The molecule has 5 heteroatoms. The molecule has 1 heterocycles. The number of nitrogens with one attached hydrogen (secondary N) is 1. The number of rotatable bonds is 9. The summed E-state index contributed by atoms with van der Waals surface area (Å²) >= 11 is 0. The van der Waals surface area contributed by atoms with Crippen LogP contribution < -0.4 is 10.1 Å². The zero-order valence-corrected chi connectivity index (χ0v) is 10.7. The molecule has 0 saturated carbocycles. The summed E-state index contributed by atoms with van der Waals surface area (Å²) in [4.78, 5) is 14.3. The lowest BCUT2D eigenvalue weighted by Crippen LogP contribution is -2.02. The highest BCUT2D eigenvalue weighted by Crippen LogP contribution is 2.13. The molecular formula is C13H20N2O3. The summed E-state index contributed by atoms with van der Waals surface area (Å²) in [6.45, 7) is 0.875. The quantitative estimate of drug-likeness (QED) is 0.661. The Morgan fingerprint density at radius 2 is 2.17 bits per heavy atom. The van der Waals surface area contributed by atoms with Crippen molar-refractivity contribution in [1.82, 2.24) is 4.98 Å². The molecule has 0 aliphatic heterocycles. The number of anilines is 1. The van der Waals surface area contributed by atoms with Gasteiger partial charge in [0.05, 0.1) is 7.11 Å². The number of hydrogen-bond donors (Lipinski definition) is 2. The third kappa shape index (κ3) is 6.08. The number of pyridine rings is 1. The van der Waals surface area contributed by atoms with E-state index in [0.717, 1.165) is 37.9 Å². The number of carboxylic acids is 1. The monoisotopic (exact) mass is 252 g/mol. The van der Waals surface area contributed by atoms with E-state index in [-0.39, 0.29) is 6.42 Å². The van der Waals surface area contributed by atoms with Gasteiger partial charge in [-0.25, -0.2) is 4.98 Å². The number of methoxy groups -OCH3 is 1. The molecule has 100 valence electrons. The van der Waals surface area contributed by atoms with Crippen LogP contribution in [0.4, 0.5) is 5.69 Å². The van der Waals surface area contributed by atoms with Crippen molar-refractivity contribution in [3.8, 4) is 5.88 Å². The minimum Gasteiger partial charge on any atom is -0.481 e. The van der Waals surface area contributed by atoms with Gasteiger partial charge < -0.3 is 15.2 Å². The van der Waals surface area contributed by atoms with Crippen LogP contribution in [0.5, 0.6) is 5.88 Å². The predicted octanol–water partition coefficient (Wildman–Crippen LogP) is 2.54. The van der Waals surface area contributed by atoms with Crippen molar-refractivity contribution >= 4 is 11.7 Å². The molecule has 2 N–H and O–H groups in total. The van der Waals surface area contributed by atoms with E-state index in [4.69, 9.17) is 9.84 Å². The summed E-state index contributed by atoms with van der Waals surface area (Å²) in [5.74, 6) is -0.113. The number of aliphatic carboxylic acids is 1. The largest absolute Gasteiger partial charge is 0.481 e. The fourth-order valence-corrected chi connectivity index (χ4v) is 1.62. The van der Waals surface area contributed by atoms with Crippen molar-refractivity contribution in [3.05, 3.63) is 18.3 Å². The first-order chi connectivity index (χ1) is 8.72. The van der Waals surface area contributed by atoms with Gasteiger partial charge in [0.25, 0.3) is 0 Å². The second kappa shape index (κ2) is 8.33. The normalized spacial score (nSPS) is 10.1. The van der Waals surface area contributed by atoms with Gasteiger partial charge >= 0.3 is 5.97 Å². The van der Waals surface area contributed by atoms with Gasteiger partial charge in [0.1, 0.15) is 0 Å². The van der Waals surface area contributed by atoms with E-state index in [0.29, 0.717) is 5.88 Å². The first kappa shape index (κ1) is 14.3. The topological polar surface area (TPSA) is 71.5 Å². The smallest absolute Gasteiger partial charge is 0.303 e. The van der Waals surface area contributed by atoms with Gasteiger partial charge in [-0.1, -0.05) is 12.8 Å². The van der Waals surface area contributed by atoms with Gasteiger partial charge in [-0.3, -0.25) is 4.79 Å². The number of unbranched alkanes of at least 4 members (excludes halogenated alkanes) is 3. The van der Waals surface area contributed by atoms with Gasteiger partial charge in [0.15, 0.2) is 0 Å². The number of ether oxygens (including phenoxy) is 1. The lowest BCUT2D eigenvalue weighted by Gasteiger charge is -2.07. The maximum atomic E-state index is 10.3. The number of hydrogen-bond acceptors (Lipinski definition) is 4. The summed E-state index contributed by atoms with van der Waals surface area (Å²) in [6.07, 6.45) is 5.78. The molecule has 0 unspecified atom stereocenters. The van der Waals surface area contributed by atoms with Crippen LogP contribution in [0.25, 0.3) is 0 Å². The van der Waals surface area contributed by atoms with Crippen LogP contribution in [0.3, 0.4) is 0 Å². The number of carbonyl (C=O) groups is 1. The minimum absolute atomic E-state index is 0.273. The number of nitrogens with zero attached hydrogens (tertiary/aromatic N) is 1. The van der Waals surface area contributed by atoms with Crippen LogP contribution in [0, 0.1) is 0 Å². The van der Waals surface area contributed by atoms with E-state index < -0.39 is 5.97 Å². The van der Waals surface area contributed by atoms with Crippen LogP contribution in [-0.4, -0.2) is 29.7 Å². The fraction of sp³-hybridized carbons (Fsp3) is 0.538. The molecule has 1 aromatic heterocycles. The molecule has 0 aliphatic carbocycles. The van der Waals surface area contributed by atoms with Crippen molar-refractivity contribution in [3.63, 3.8) is 0 Å². The predicted molar refractivity (Wildman–Crippen MR) is 70.0 cm³/mol. The fourth-order valence-electron chi connectivity index (χ4n) is 1.62. The summed E-state index contributed by atoms with van der Waals surface area (Å²) in [5.41, 5.74) is 0.993. The Labute approximate surface area is 107 Å².